The zero-order valence-corrected chi connectivity index (χ0v) is 11.2. The first-order valence-electron chi connectivity index (χ1n) is 5.01. The van der Waals surface area contributed by atoms with Crippen LogP contribution in [0.5, 0.6) is 11.5 Å². The number of aromatic hydroxyl groups is 1. The highest BCUT2D eigenvalue weighted by atomic mass is 79.9. The second kappa shape index (κ2) is 5.43. The normalized spacial score (nSPS) is 10.2. The lowest BCUT2D eigenvalue weighted by molar-refractivity contribution is 0.305. The Morgan fingerprint density at radius 3 is 2.71 bits per heavy atom. The van der Waals surface area contributed by atoms with Crippen LogP contribution in [0.25, 0.3) is 0 Å². The highest BCUT2D eigenvalue weighted by molar-refractivity contribution is 9.10. The minimum absolute atomic E-state index is 0.0713. The lowest BCUT2D eigenvalue weighted by Gasteiger charge is -2.07. The summed E-state index contributed by atoms with van der Waals surface area (Å²) >= 11 is 9.09. The monoisotopic (exact) mass is 312 g/mol. The van der Waals surface area contributed by atoms with Crippen LogP contribution in [0.4, 0.5) is 0 Å². The van der Waals surface area contributed by atoms with Crippen LogP contribution in [0, 0.1) is 0 Å². The number of hydrogen-bond acceptors (Lipinski definition) is 2. The lowest BCUT2D eigenvalue weighted by atomic mass is 10.2. The molecule has 2 aromatic carbocycles. The maximum Gasteiger partial charge on any atom is 0.134 e. The van der Waals surface area contributed by atoms with Crippen LogP contribution in [-0.4, -0.2) is 5.11 Å². The Kier molecular flexibility index (Phi) is 3.92. The van der Waals surface area contributed by atoms with Gasteiger partial charge in [-0.2, -0.15) is 0 Å². The SMILES string of the molecule is Oc1cc(COc2cccc(Br)c2)ccc1Cl. The van der Waals surface area contributed by atoms with E-state index in [1.165, 1.54) is 0 Å². The van der Waals surface area contributed by atoms with Crippen molar-refractivity contribution >= 4 is 27.5 Å². The molecule has 0 saturated heterocycles. The minimum atomic E-state index is 0.0713. The van der Waals surface area contributed by atoms with Crippen LogP contribution in [-0.2, 0) is 6.61 Å². The van der Waals surface area contributed by atoms with Crippen LogP contribution in [0.1, 0.15) is 5.56 Å². The Labute approximate surface area is 113 Å². The van der Waals surface area contributed by atoms with E-state index in [9.17, 15) is 5.11 Å². The Balaban J connectivity index is 2.05. The molecule has 0 aliphatic heterocycles. The molecule has 0 amide bonds. The van der Waals surface area contributed by atoms with Crippen LogP contribution in [0.2, 0.25) is 5.02 Å². The first-order chi connectivity index (χ1) is 8.15. The van der Waals surface area contributed by atoms with E-state index in [0.29, 0.717) is 11.6 Å². The second-order valence-electron chi connectivity index (χ2n) is 3.53. The lowest BCUT2D eigenvalue weighted by Crippen LogP contribution is -1.95. The van der Waals surface area contributed by atoms with Crippen molar-refractivity contribution in [2.75, 3.05) is 0 Å². The van der Waals surface area contributed by atoms with Crippen LogP contribution in [0.15, 0.2) is 46.9 Å². The fourth-order valence-electron chi connectivity index (χ4n) is 1.37. The molecule has 0 saturated carbocycles. The fourth-order valence-corrected chi connectivity index (χ4v) is 1.87. The van der Waals surface area contributed by atoms with Crippen LogP contribution >= 0.6 is 27.5 Å². The maximum absolute atomic E-state index is 9.45. The van der Waals surface area contributed by atoms with Crippen molar-refractivity contribution in [1.82, 2.24) is 0 Å². The van der Waals surface area contributed by atoms with Gasteiger partial charge in [-0.25, -0.2) is 0 Å². The van der Waals surface area contributed by atoms with Crippen LogP contribution in [0.3, 0.4) is 0 Å². The second-order valence-corrected chi connectivity index (χ2v) is 4.85. The van der Waals surface area contributed by atoms with Crippen molar-refractivity contribution in [2.24, 2.45) is 0 Å². The quantitative estimate of drug-likeness (QED) is 0.911. The summed E-state index contributed by atoms with van der Waals surface area (Å²) in [4.78, 5) is 0. The topological polar surface area (TPSA) is 29.5 Å². The van der Waals surface area contributed by atoms with E-state index in [1.807, 2.05) is 30.3 Å². The highest BCUT2D eigenvalue weighted by Crippen LogP contribution is 2.25. The molecule has 0 spiro atoms. The highest BCUT2D eigenvalue weighted by Gasteiger charge is 2.01. The third-order valence-corrected chi connectivity index (χ3v) is 3.02. The number of rotatable bonds is 3. The van der Waals surface area contributed by atoms with E-state index < -0.39 is 0 Å². The molecule has 0 aromatic heterocycles. The Morgan fingerprint density at radius 1 is 1.18 bits per heavy atom. The summed E-state index contributed by atoms with van der Waals surface area (Å²) in [5.74, 6) is 0.843. The molecule has 0 bridgehead atoms. The van der Waals surface area contributed by atoms with E-state index in [2.05, 4.69) is 15.9 Å². The number of phenols is 1. The molecule has 2 rings (SSSR count). The summed E-state index contributed by atoms with van der Waals surface area (Å²) in [6.07, 6.45) is 0. The third kappa shape index (κ3) is 3.38. The summed E-state index contributed by atoms with van der Waals surface area (Å²) < 4.78 is 6.55. The van der Waals surface area contributed by atoms with E-state index in [0.717, 1.165) is 15.8 Å². The zero-order valence-electron chi connectivity index (χ0n) is 8.86. The number of ether oxygens (including phenoxy) is 1. The molecule has 0 fully saturated rings. The molecule has 1 N–H and O–H groups in total. The number of halogens is 2. The Morgan fingerprint density at radius 2 is 2.00 bits per heavy atom. The largest absolute Gasteiger partial charge is 0.506 e. The molecule has 2 aromatic rings. The molecule has 0 heterocycles. The van der Waals surface area contributed by atoms with Crippen molar-refractivity contribution in [1.29, 1.82) is 0 Å². The molecular formula is C13H10BrClO2. The van der Waals surface area contributed by atoms with Gasteiger partial charge in [-0.05, 0) is 35.9 Å². The predicted octanol–water partition coefficient (Wildman–Crippen LogP) is 4.39. The van der Waals surface area contributed by atoms with Gasteiger partial charge in [0.1, 0.15) is 18.1 Å². The van der Waals surface area contributed by atoms with Crippen molar-refractivity contribution in [3.63, 3.8) is 0 Å². The van der Waals surface area contributed by atoms with Gasteiger partial charge in [0.25, 0.3) is 0 Å². The van der Waals surface area contributed by atoms with Crippen molar-refractivity contribution in [3.8, 4) is 11.5 Å². The number of benzene rings is 2. The van der Waals surface area contributed by atoms with Crippen molar-refractivity contribution < 1.29 is 9.84 Å². The van der Waals surface area contributed by atoms with Gasteiger partial charge in [-0.15, -0.1) is 0 Å². The average molecular weight is 314 g/mol. The van der Waals surface area contributed by atoms with Gasteiger partial charge < -0.3 is 9.84 Å². The average Bonchev–Trinajstić information content (AvgIpc) is 2.31. The predicted molar refractivity (Wildman–Crippen MR) is 71.6 cm³/mol. The van der Waals surface area contributed by atoms with Gasteiger partial charge in [-0.3, -0.25) is 0 Å². The van der Waals surface area contributed by atoms with E-state index in [-0.39, 0.29) is 5.75 Å². The van der Waals surface area contributed by atoms with Gasteiger partial charge >= 0.3 is 0 Å². The smallest absolute Gasteiger partial charge is 0.134 e. The van der Waals surface area contributed by atoms with E-state index in [4.69, 9.17) is 16.3 Å². The summed E-state index contributed by atoms with van der Waals surface area (Å²) in [5, 5.41) is 9.79. The number of hydrogen-bond donors (Lipinski definition) is 1. The Hall–Kier alpha value is -1.19. The minimum Gasteiger partial charge on any atom is -0.506 e. The summed E-state index contributed by atoms with van der Waals surface area (Å²) in [6, 6.07) is 12.7. The summed E-state index contributed by atoms with van der Waals surface area (Å²) in [7, 11) is 0. The molecular weight excluding hydrogens is 303 g/mol. The standard InChI is InChI=1S/C13H10BrClO2/c14-10-2-1-3-11(7-10)17-8-9-4-5-12(15)13(16)6-9/h1-7,16H,8H2. The van der Waals surface area contributed by atoms with Gasteiger partial charge in [0.15, 0.2) is 0 Å². The molecule has 4 heteroatoms. The van der Waals surface area contributed by atoms with Gasteiger partial charge in [-0.1, -0.05) is 39.7 Å². The molecule has 0 aliphatic rings. The van der Waals surface area contributed by atoms with E-state index >= 15 is 0 Å². The molecule has 0 radical (unpaired) electrons. The molecule has 2 nitrogen and oxygen atoms in total. The first kappa shape index (κ1) is 12.3. The van der Waals surface area contributed by atoms with Gasteiger partial charge in [0.05, 0.1) is 5.02 Å². The molecule has 88 valence electrons. The van der Waals surface area contributed by atoms with Crippen LogP contribution < -0.4 is 4.74 Å². The third-order valence-electron chi connectivity index (χ3n) is 2.21. The maximum atomic E-state index is 9.45. The van der Waals surface area contributed by atoms with Crippen molar-refractivity contribution in [2.45, 2.75) is 6.61 Å². The fraction of sp³-hybridized carbons (Fsp3) is 0.0769. The summed E-state index contributed by atoms with van der Waals surface area (Å²) in [5.41, 5.74) is 0.867. The molecule has 0 unspecified atom stereocenters. The van der Waals surface area contributed by atoms with Gasteiger partial charge in [0.2, 0.25) is 0 Å². The number of phenolic OH excluding ortho intramolecular Hbond substituents is 1. The molecule has 17 heavy (non-hydrogen) atoms. The molecule has 0 aliphatic carbocycles. The Bertz CT molecular complexity index is 529. The first-order valence-corrected chi connectivity index (χ1v) is 6.18. The van der Waals surface area contributed by atoms with E-state index in [1.54, 1.807) is 12.1 Å². The zero-order chi connectivity index (χ0) is 12.3. The van der Waals surface area contributed by atoms with Gasteiger partial charge in [0, 0.05) is 4.47 Å². The molecule has 0 atom stereocenters. The van der Waals surface area contributed by atoms with Crippen molar-refractivity contribution in [3.05, 3.63) is 57.5 Å². The summed E-state index contributed by atoms with van der Waals surface area (Å²) in [6.45, 7) is 0.390.